The van der Waals surface area contributed by atoms with Gasteiger partial charge in [-0.05, 0) is 66.7 Å². The van der Waals surface area contributed by atoms with Crippen LogP contribution in [-0.2, 0) is 0 Å². The van der Waals surface area contributed by atoms with Gasteiger partial charge in [-0.25, -0.2) is 4.98 Å². The van der Waals surface area contributed by atoms with Crippen LogP contribution in [0.3, 0.4) is 0 Å². The lowest BCUT2D eigenvalue weighted by molar-refractivity contribution is 0.102. The largest absolute Gasteiger partial charge is 0.493 e. The maximum atomic E-state index is 13.4. The summed E-state index contributed by atoms with van der Waals surface area (Å²) < 4.78 is 16.6. The second-order valence-electron chi connectivity index (χ2n) is 8.04. The number of pyridine rings is 1. The van der Waals surface area contributed by atoms with Crippen molar-refractivity contribution in [1.82, 2.24) is 4.98 Å². The van der Waals surface area contributed by atoms with E-state index in [0.29, 0.717) is 34.2 Å². The highest BCUT2D eigenvalue weighted by Gasteiger charge is 2.16. The van der Waals surface area contributed by atoms with Crippen molar-refractivity contribution < 1.29 is 19.0 Å². The Morgan fingerprint density at radius 3 is 2.17 bits per heavy atom. The van der Waals surface area contributed by atoms with Gasteiger partial charge in [-0.2, -0.15) is 0 Å². The second kappa shape index (κ2) is 10.2. The third-order valence-electron chi connectivity index (χ3n) is 5.73. The molecular weight excluding hydrogens is 452 g/mol. The van der Waals surface area contributed by atoms with Gasteiger partial charge in [0.05, 0.1) is 31.0 Å². The van der Waals surface area contributed by atoms with Gasteiger partial charge in [0.25, 0.3) is 5.91 Å². The van der Waals surface area contributed by atoms with Gasteiger partial charge in [0.2, 0.25) is 0 Å². The molecule has 36 heavy (non-hydrogen) atoms. The van der Waals surface area contributed by atoms with Crippen LogP contribution in [0.1, 0.15) is 10.4 Å². The van der Waals surface area contributed by atoms with Crippen molar-refractivity contribution in [2.45, 2.75) is 0 Å². The van der Waals surface area contributed by atoms with Crippen molar-refractivity contribution in [3.63, 3.8) is 0 Å². The van der Waals surface area contributed by atoms with Crippen LogP contribution in [0, 0.1) is 0 Å². The molecule has 4 aromatic carbocycles. The summed E-state index contributed by atoms with van der Waals surface area (Å²) in [5.41, 5.74) is 3.38. The molecule has 1 heterocycles. The number of carbonyl (C=O) groups is 1. The molecule has 0 unspecified atom stereocenters. The lowest BCUT2D eigenvalue weighted by Gasteiger charge is -2.13. The van der Waals surface area contributed by atoms with Gasteiger partial charge >= 0.3 is 0 Å². The predicted octanol–water partition coefficient (Wildman–Crippen LogP) is 6.96. The molecule has 5 rings (SSSR count). The first-order chi connectivity index (χ1) is 17.6. The zero-order valence-electron chi connectivity index (χ0n) is 19.9. The smallest absolute Gasteiger partial charge is 0.256 e. The summed E-state index contributed by atoms with van der Waals surface area (Å²) in [5, 5.41) is 3.76. The summed E-state index contributed by atoms with van der Waals surface area (Å²) in [7, 11) is 3.18. The summed E-state index contributed by atoms with van der Waals surface area (Å²) in [6.45, 7) is 0. The number of amides is 1. The van der Waals surface area contributed by atoms with Gasteiger partial charge in [-0.1, -0.05) is 36.4 Å². The third-order valence-corrected chi connectivity index (χ3v) is 5.73. The van der Waals surface area contributed by atoms with Gasteiger partial charge in [0, 0.05) is 16.6 Å². The number of ether oxygens (including phenoxy) is 3. The molecule has 1 amide bonds. The number of fused-ring (bicyclic) bond motifs is 1. The molecule has 0 fully saturated rings. The molecule has 0 aliphatic carbocycles. The van der Waals surface area contributed by atoms with Crippen LogP contribution in [-0.4, -0.2) is 25.1 Å². The molecule has 1 aromatic heterocycles. The first-order valence-electron chi connectivity index (χ1n) is 11.4. The maximum absolute atomic E-state index is 13.4. The minimum atomic E-state index is -0.230. The van der Waals surface area contributed by atoms with Crippen LogP contribution in [0.4, 0.5) is 5.69 Å². The van der Waals surface area contributed by atoms with Crippen LogP contribution in [0.15, 0.2) is 103 Å². The molecule has 0 radical (unpaired) electrons. The van der Waals surface area contributed by atoms with E-state index in [1.807, 2.05) is 97.1 Å². The number of hydrogen-bond donors (Lipinski definition) is 1. The van der Waals surface area contributed by atoms with Crippen LogP contribution in [0.5, 0.6) is 23.0 Å². The first-order valence-corrected chi connectivity index (χ1v) is 11.4. The van der Waals surface area contributed by atoms with E-state index in [1.54, 1.807) is 20.3 Å². The molecule has 6 nitrogen and oxygen atoms in total. The zero-order chi connectivity index (χ0) is 24.9. The molecular formula is C30H24N2O4. The molecule has 1 N–H and O–H groups in total. The predicted molar refractivity (Wildman–Crippen MR) is 141 cm³/mol. The van der Waals surface area contributed by atoms with Gasteiger partial charge in [0.1, 0.15) is 11.5 Å². The van der Waals surface area contributed by atoms with Crippen LogP contribution < -0.4 is 19.5 Å². The molecule has 0 aliphatic heterocycles. The fourth-order valence-corrected chi connectivity index (χ4v) is 3.94. The summed E-state index contributed by atoms with van der Waals surface area (Å²) in [4.78, 5) is 18.2. The SMILES string of the molecule is COc1ccc(-c2cc(C(=O)Nc3ccc(Oc4ccccc4)cc3)c3ccccc3n2)cc1OC. The summed E-state index contributed by atoms with van der Waals surface area (Å²) in [6, 6.07) is 31.8. The van der Waals surface area contributed by atoms with Gasteiger partial charge < -0.3 is 19.5 Å². The van der Waals surface area contributed by atoms with E-state index in [4.69, 9.17) is 19.2 Å². The van der Waals surface area contributed by atoms with Crippen LogP contribution in [0.25, 0.3) is 22.2 Å². The van der Waals surface area contributed by atoms with Crippen molar-refractivity contribution in [2.24, 2.45) is 0 Å². The van der Waals surface area contributed by atoms with E-state index in [0.717, 1.165) is 22.2 Å². The van der Waals surface area contributed by atoms with E-state index < -0.39 is 0 Å². The fourth-order valence-electron chi connectivity index (χ4n) is 3.94. The Kier molecular flexibility index (Phi) is 6.49. The zero-order valence-corrected chi connectivity index (χ0v) is 19.9. The van der Waals surface area contributed by atoms with E-state index >= 15 is 0 Å². The van der Waals surface area contributed by atoms with E-state index in [1.165, 1.54) is 0 Å². The van der Waals surface area contributed by atoms with Gasteiger partial charge in [-0.3, -0.25) is 4.79 Å². The van der Waals surface area contributed by atoms with E-state index in [2.05, 4.69) is 5.32 Å². The minimum Gasteiger partial charge on any atom is -0.493 e. The number of benzene rings is 4. The molecule has 0 spiro atoms. The highest BCUT2D eigenvalue weighted by molar-refractivity contribution is 6.13. The fraction of sp³-hybridized carbons (Fsp3) is 0.0667. The average molecular weight is 477 g/mol. The molecule has 0 saturated heterocycles. The number of hydrogen-bond acceptors (Lipinski definition) is 5. The van der Waals surface area contributed by atoms with E-state index in [-0.39, 0.29) is 5.91 Å². The number of aromatic nitrogens is 1. The molecule has 5 aromatic rings. The molecule has 0 aliphatic rings. The highest BCUT2D eigenvalue weighted by Crippen LogP contribution is 2.33. The summed E-state index contributed by atoms with van der Waals surface area (Å²) in [6.07, 6.45) is 0. The molecule has 0 saturated carbocycles. The molecule has 178 valence electrons. The number of para-hydroxylation sites is 2. The topological polar surface area (TPSA) is 69.7 Å². The van der Waals surface area contributed by atoms with E-state index in [9.17, 15) is 4.79 Å². The number of nitrogens with zero attached hydrogens (tertiary/aromatic N) is 1. The van der Waals surface area contributed by atoms with Crippen molar-refractivity contribution in [1.29, 1.82) is 0 Å². The maximum Gasteiger partial charge on any atom is 0.256 e. The summed E-state index contributed by atoms with van der Waals surface area (Å²) >= 11 is 0. The second-order valence-corrected chi connectivity index (χ2v) is 8.04. The Morgan fingerprint density at radius 2 is 1.42 bits per heavy atom. The lowest BCUT2D eigenvalue weighted by Crippen LogP contribution is -2.13. The number of nitrogens with one attached hydrogen (secondary N) is 1. The number of carbonyl (C=O) groups excluding carboxylic acids is 1. The van der Waals surface area contributed by atoms with Crippen molar-refractivity contribution in [3.8, 4) is 34.3 Å². The Morgan fingerprint density at radius 1 is 0.722 bits per heavy atom. The Bertz CT molecular complexity index is 1520. The first kappa shape index (κ1) is 22.9. The van der Waals surface area contributed by atoms with Crippen LogP contribution >= 0.6 is 0 Å². The van der Waals surface area contributed by atoms with Gasteiger partial charge in [-0.15, -0.1) is 0 Å². The monoisotopic (exact) mass is 476 g/mol. The molecule has 0 bridgehead atoms. The lowest BCUT2D eigenvalue weighted by atomic mass is 10.0. The van der Waals surface area contributed by atoms with Crippen molar-refractivity contribution in [3.05, 3.63) is 109 Å². The standard InChI is InChI=1S/C30H24N2O4/c1-34-28-17-12-20(18-29(28)35-2)27-19-25(24-10-6-7-11-26(24)32-27)30(33)31-21-13-15-23(16-14-21)36-22-8-4-3-5-9-22/h3-19H,1-2H3,(H,31,33). The van der Waals surface area contributed by atoms with Crippen molar-refractivity contribution in [2.75, 3.05) is 19.5 Å². The Balaban J connectivity index is 1.44. The number of anilines is 1. The minimum absolute atomic E-state index is 0.230. The van der Waals surface area contributed by atoms with Gasteiger partial charge in [0.15, 0.2) is 11.5 Å². The highest BCUT2D eigenvalue weighted by atomic mass is 16.5. The number of rotatable bonds is 7. The average Bonchev–Trinajstić information content (AvgIpc) is 2.93. The molecule has 6 heteroatoms. The normalized spacial score (nSPS) is 10.6. The Hall–Kier alpha value is -4.84. The molecule has 0 atom stereocenters. The Labute approximate surface area is 209 Å². The van der Waals surface area contributed by atoms with Crippen molar-refractivity contribution >= 4 is 22.5 Å². The summed E-state index contributed by atoms with van der Waals surface area (Å²) in [5.74, 6) is 2.42. The number of methoxy groups -OCH3 is 2. The quantitative estimate of drug-likeness (QED) is 0.275. The van der Waals surface area contributed by atoms with Crippen LogP contribution in [0.2, 0.25) is 0 Å². The third kappa shape index (κ3) is 4.83.